The molecule has 1 aliphatic rings. The van der Waals surface area contributed by atoms with Crippen molar-refractivity contribution < 1.29 is 18.6 Å². The molecule has 5 heteroatoms. The zero-order valence-corrected chi connectivity index (χ0v) is 16.7. The van der Waals surface area contributed by atoms with Gasteiger partial charge in [-0.25, -0.2) is 4.39 Å². The van der Waals surface area contributed by atoms with Crippen LogP contribution >= 0.6 is 11.6 Å². The van der Waals surface area contributed by atoms with E-state index < -0.39 is 5.60 Å². The number of fused-ring (bicyclic) bond motifs is 1. The highest BCUT2D eigenvalue weighted by Gasteiger charge is 2.39. The fourth-order valence-corrected chi connectivity index (χ4v) is 4.06. The molecule has 2 aromatic rings. The molecule has 3 nitrogen and oxygen atoms in total. The Morgan fingerprint density at radius 2 is 1.78 bits per heavy atom. The van der Waals surface area contributed by atoms with E-state index in [0.29, 0.717) is 24.0 Å². The minimum absolute atomic E-state index is 0.254. The highest BCUT2D eigenvalue weighted by atomic mass is 35.5. The highest BCUT2D eigenvalue weighted by molar-refractivity contribution is 6.17. The SMILES string of the molecule is COc1cc2c(cc1OC)C(CCCCCl)(c1ccc(F)cc1)OCCC2. The van der Waals surface area contributed by atoms with Crippen molar-refractivity contribution in [1.29, 1.82) is 0 Å². The van der Waals surface area contributed by atoms with Gasteiger partial charge in [-0.3, -0.25) is 0 Å². The Balaban J connectivity index is 2.18. The van der Waals surface area contributed by atoms with E-state index in [-0.39, 0.29) is 5.82 Å². The van der Waals surface area contributed by atoms with Gasteiger partial charge in [0.1, 0.15) is 11.4 Å². The van der Waals surface area contributed by atoms with Crippen molar-refractivity contribution in [3.05, 3.63) is 58.9 Å². The zero-order valence-electron chi connectivity index (χ0n) is 15.9. The van der Waals surface area contributed by atoms with Crippen LogP contribution in [0.3, 0.4) is 0 Å². The number of aryl methyl sites for hydroxylation is 1. The number of methoxy groups -OCH3 is 2. The second-order valence-corrected chi connectivity index (χ2v) is 7.17. The summed E-state index contributed by atoms with van der Waals surface area (Å²) in [5.74, 6) is 1.74. The van der Waals surface area contributed by atoms with Crippen LogP contribution in [0.2, 0.25) is 0 Å². The van der Waals surface area contributed by atoms with Gasteiger partial charge >= 0.3 is 0 Å². The summed E-state index contributed by atoms with van der Waals surface area (Å²) in [5.41, 5.74) is 2.55. The van der Waals surface area contributed by atoms with Gasteiger partial charge in [-0.05, 0) is 73.1 Å². The molecule has 0 bridgehead atoms. The first-order chi connectivity index (χ1) is 13.1. The molecule has 0 aliphatic carbocycles. The van der Waals surface area contributed by atoms with E-state index in [0.717, 1.165) is 43.2 Å². The maximum atomic E-state index is 13.6. The Morgan fingerprint density at radius 1 is 1.07 bits per heavy atom. The average molecular weight is 393 g/mol. The van der Waals surface area contributed by atoms with Crippen LogP contribution in [0.4, 0.5) is 4.39 Å². The Morgan fingerprint density at radius 3 is 2.44 bits per heavy atom. The summed E-state index contributed by atoms with van der Waals surface area (Å²) in [6.45, 7) is 0.636. The summed E-state index contributed by atoms with van der Waals surface area (Å²) >= 11 is 5.92. The van der Waals surface area contributed by atoms with Gasteiger partial charge in [-0.15, -0.1) is 11.6 Å². The van der Waals surface area contributed by atoms with E-state index in [1.807, 2.05) is 24.3 Å². The van der Waals surface area contributed by atoms with E-state index in [1.165, 1.54) is 17.7 Å². The van der Waals surface area contributed by atoms with Gasteiger partial charge in [0, 0.05) is 12.5 Å². The molecule has 1 atom stereocenters. The first kappa shape index (κ1) is 20.0. The molecule has 1 unspecified atom stereocenters. The minimum atomic E-state index is -0.648. The van der Waals surface area contributed by atoms with Crippen LogP contribution < -0.4 is 9.47 Å². The molecule has 2 aromatic carbocycles. The van der Waals surface area contributed by atoms with Crippen molar-refractivity contribution >= 4 is 11.6 Å². The van der Waals surface area contributed by atoms with Crippen LogP contribution in [0.15, 0.2) is 36.4 Å². The van der Waals surface area contributed by atoms with Gasteiger partial charge in [0.05, 0.1) is 14.2 Å². The van der Waals surface area contributed by atoms with Gasteiger partial charge in [-0.1, -0.05) is 12.1 Å². The number of benzene rings is 2. The van der Waals surface area contributed by atoms with Crippen molar-refractivity contribution in [1.82, 2.24) is 0 Å². The number of halogens is 2. The normalized spacial score (nSPS) is 19.3. The first-order valence-electron chi connectivity index (χ1n) is 9.36. The van der Waals surface area contributed by atoms with Crippen LogP contribution in [0.1, 0.15) is 42.4 Å². The summed E-state index contributed by atoms with van der Waals surface area (Å²) in [6, 6.07) is 10.7. The number of unbranched alkanes of at least 4 members (excludes halogenated alkanes) is 1. The van der Waals surface area contributed by atoms with E-state index in [1.54, 1.807) is 14.2 Å². The van der Waals surface area contributed by atoms with Crippen molar-refractivity contribution in [2.75, 3.05) is 26.7 Å². The average Bonchev–Trinajstić information content (AvgIpc) is 2.87. The summed E-state index contributed by atoms with van der Waals surface area (Å²) in [5, 5.41) is 0. The fraction of sp³-hybridized carbons (Fsp3) is 0.455. The minimum Gasteiger partial charge on any atom is -0.493 e. The van der Waals surface area contributed by atoms with Crippen LogP contribution in [-0.2, 0) is 16.8 Å². The molecule has 0 saturated heterocycles. The smallest absolute Gasteiger partial charge is 0.161 e. The van der Waals surface area contributed by atoms with Crippen molar-refractivity contribution in [3.8, 4) is 11.5 Å². The second kappa shape index (κ2) is 8.94. The van der Waals surface area contributed by atoms with E-state index in [9.17, 15) is 4.39 Å². The quantitative estimate of drug-likeness (QED) is 0.462. The Kier molecular flexibility index (Phi) is 6.61. The highest BCUT2D eigenvalue weighted by Crippen LogP contribution is 2.45. The number of rotatable bonds is 7. The molecular weight excluding hydrogens is 367 g/mol. The lowest BCUT2D eigenvalue weighted by atomic mass is 9.79. The lowest BCUT2D eigenvalue weighted by Gasteiger charge is -2.36. The third-order valence-corrected chi connectivity index (χ3v) is 5.47. The van der Waals surface area contributed by atoms with Crippen molar-refractivity contribution in [2.24, 2.45) is 0 Å². The summed E-state index contributed by atoms with van der Waals surface area (Å²) in [7, 11) is 3.28. The van der Waals surface area contributed by atoms with Gasteiger partial charge in [0.15, 0.2) is 11.5 Å². The van der Waals surface area contributed by atoms with Crippen LogP contribution in [0, 0.1) is 5.82 Å². The summed E-state index contributed by atoms with van der Waals surface area (Å²) in [4.78, 5) is 0. The molecule has 3 rings (SSSR count). The number of hydrogen-bond acceptors (Lipinski definition) is 3. The second-order valence-electron chi connectivity index (χ2n) is 6.80. The molecule has 0 aromatic heterocycles. The molecular formula is C22H26ClFO3. The predicted molar refractivity (Wildman–Crippen MR) is 106 cm³/mol. The Bertz CT molecular complexity index is 763. The lowest BCUT2D eigenvalue weighted by Crippen LogP contribution is -2.32. The van der Waals surface area contributed by atoms with Gasteiger partial charge in [0.25, 0.3) is 0 Å². The van der Waals surface area contributed by atoms with Crippen molar-refractivity contribution in [2.45, 2.75) is 37.7 Å². The molecule has 0 saturated carbocycles. The molecule has 0 spiro atoms. The fourth-order valence-electron chi connectivity index (χ4n) is 3.87. The Hall–Kier alpha value is -1.78. The lowest BCUT2D eigenvalue weighted by molar-refractivity contribution is -0.0228. The van der Waals surface area contributed by atoms with Crippen LogP contribution in [0.25, 0.3) is 0 Å². The monoisotopic (exact) mass is 392 g/mol. The third-order valence-electron chi connectivity index (χ3n) is 5.21. The number of ether oxygens (including phenoxy) is 3. The van der Waals surface area contributed by atoms with E-state index >= 15 is 0 Å². The van der Waals surface area contributed by atoms with E-state index in [4.69, 9.17) is 25.8 Å². The molecule has 0 radical (unpaired) electrons. The number of hydrogen-bond donors (Lipinski definition) is 0. The summed E-state index contributed by atoms with van der Waals surface area (Å²) < 4.78 is 31.1. The van der Waals surface area contributed by atoms with Gasteiger partial charge in [-0.2, -0.15) is 0 Å². The van der Waals surface area contributed by atoms with Crippen LogP contribution in [0.5, 0.6) is 11.5 Å². The predicted octanol–water partition coefficient (Wildman–Crippen LogP) is 5.46. The molecule has 1 aliphatic heterocycles. The maximum Gasteiger partial charge on any atom is 0.161 e. The molecule has 1 heterocycles. The molecule has 0 N–H and O–H groups in total. The molecule has 146 valence electrons. The standard InChI is InChI=1S/C22H26ClFO3/c1-25-20-14-16-6-5-13-27-22(11-3-4-12-23,19(16)15-21(20)26-2)17-7-9-18(24)10-8-17/h7-10,14-15H,3-6,11-13H2,1-2H3. The molecule has 0 amide bonds. The molecule has 0 fully saturated rings. The maximum absolute atomic E-state index is 13.6. The molecule has 27 heavy (non-hydrogen) atoms. The topological polar surface area (TPSA) is 27.7 Å². The van der Waals surface area contributed by atoms with Crippen LogP contribution in [-0.4, -0.2) is 26.7 Å². The zero-order chi connectivity index (χ0) is 19.3. The van der Waals surface area contributed by atoms with E-state index in [2.05, 4.69) is 0 Å². The van der Waals surface area contributed by atoms with Gasteiger partial charge < -0.3 is 14.2 Å². The van der Waals surface area contributed by atoms with Gasteiger partial charge in [0.2, 0.25) is 0 Å². The largest absolute Gasteiger partial charge is 0.493 e. The van der Waals surface area contributed by atoms with Crippen molar-refractivity contribution in [3.63, 3.8) is 0 Å². The first-order valence-corrected chi connectivity index (χ1v) is 9.89. The number of alkyl halides is 1. The Labute approximate surface area is 165 Å². The summed E-state index contributed by atoms with van der Waals surface area (Å²) in [6.07, 6.45) is 4.40. The third kappa shape index (κ3) is 4.07.